The van der Waals surface area contributed by atoms with Crippen LogP contribution in [0.2, 0.25) is 0 Å². The summed E-state index contributed by atoms with van der Waals surface area (Å²) in [6.45, 7) is 0.705. The Morgan fingerprint density at radius 1 is 0.889 bits per heavy atom. The Labute approximate surface area is 111 Å². The second-order valence-electron chi connectivity index (χ2n) is 7.13. The van der Waals surface area contributed by atoms with Gasteiger partial charge in [0, 0.05) is 12.0 Å². The average Bonchev–Trinajstić information content (AvgIpc) is 2.25. The molecule has 3 aliphatic rings. The molecule has 0 amide bonds. The SMILES string of the molecule is NCC1(C(O)(C2CCC2)C2CCC2)CCCCC1. The quantitative estimate of drug-likeness (QED) is 0.806. The van der Waals surface area contributed by atoms with Crippen LogP contribution in [0.3, 0.4) is 0 Å². The third-order valence-electron chi connectivity index (χ3n) is 6.51. The first-order valence-corrected chi connectivity index (χ1v) is 8.15. The molecule has 0 atom stereocenters. The molecule has 18 heavy (non-hydrogen) atoms. The van der Waals surface area contributed by atoms with Gasteiger partial charge in [0.2, 0.25) is 0 Å². The fourth-order valence-corrected chi connectivity index (χ4v) is 4.89. The van der Waals surface area contributed by atoms with Gasteiger partial charge in [-0.3, -0.25) is 0 Å². The van der Waals surface area contributed by atoms with Gasteiger partial charge in [-0.1, -0.05) is 32.1 Å². The summed E-state index contributed by atoms with van der Waals surface area (Å²) in [6, 6.07) is 0. The summed E-state index contributed by atoms with van der Waals surface area (Å²) in [6.07, 6.45) is 13.9. The Kier molecular flexibility index (Phi) is 3.44. The highest BCUT2D eigenvalue weighted by molar-refractivity contribution is 5.10. The van der Waals surface area contributed by atoms with Crippen LogP contribution in [0, 0.1) is 17.3 Å². The molecule has 0 saturated heterocycles. The van der Waals surface area contributed by atoms with Crippen LogP contribution in [0.25, 0.3) is 0 Å². The van der Waals surface area contributed by atoms with Crippen LogP contribution in [-0.2, 0) is 0 Å². The third kappa shape index (κ3) is 1.68. The van der Waals surface area contributed by atoms with Gasteiger partial charge in [-0.2, -0.15) is 0 Å². The smallest absolute Gasteiger partial charge is 0.0771 e. The average molecular weight is 251 g/mol. The molecule has 0 unspecified atom stereocenters. The second kappa shape index (κ2) is 4.79. The van der Waals surface area contributed by atoms with Gasteiger partial charge in [0.1, 0.15) is 0 Å². The fourth-order valence-electron chi connectivity index (χ4n) is 4.89. The lowest BCUT2D eigenvalue weighted by atomic mass is 9.48. The predicted octanol–water partition coefficient (Wildman–Crippen LogP) is 3.23. The van der Waals surface area contributed by atoms with Gasteiger partial charge in [-0.25, -0.2) is 0 Å². The zero-order valence-corrected chi connectivity index (χ0v) is 11.7. The Morgan fingerprint density at radius 2 is 1.39 bits per heavy atom. The number of rotatable bonds is 4. The van der Waals surface area contributed by atoms with Crippen LogP contribution >= 0.6 is 0 Å². The Bertz CT molecular complexity index is 273. The Balaban J connectivity index is 1.89. The van der Waals surface area contributed by atoms with Gasteiger partial charge in [0.05, 0.1) is 5.60 Å². The molecule has 2 nitrogen and oxygen atoms in total. The Morgan fingerprint density at radius 3 is 1.72 bits per heavy atom. The molecule has 104 valence electrons. The zero-order valence-electron chi connectivity index (χ0n) is 11.7. The molecule has 0 radical (unpaired) electrons. The van der Waals surface area contributed by atoms with Crippen molar-refractivity contribution in [2.24, 2.45) is 23.0 Å². The standard InChI is InChI=1S/C16H29NO/c17-12-15(10-2-1-3-11-15)16(18,13-6-4-7-13)14-8-5-9-14/h13-14,18H,1-12,17H2. The van der Waals surface area contributed by atoms with Crippen LogP contribution in [0.5, 0.6) is 0 Å². The van der Waals surface area contributed by atoms with Gasteiger partial charge in [0.25, 0.3) is 0 Å². The fraction of sp³-hybridized carbons (Fsp3) is 1.00. The molecule has 3 rings (SSSR count). The van der Waals surface area contributed by atoms with Crippen LogP contribution in [0.4, 0.5) is 0 Å². The lowest BCUT2D eigenvalue weighted by Crippen LogP contribution is -2.64. The molecule has 0 heterocycles. The number of nitrogens with two attached hydrogens (primary N) is 1. The van der Waals surface area contributed by atoms with Crippen LogP contribution < -0.4 is 5.73 Å². The third-order valence-corrected chi connectivity index (χ3v) is 6.51. The molecule has 3 aliphatic carbocycles. The maximum absolute atomic E-state index is 11.6. The summed E-state index contributed by atoms with van der Waals surface area (Å²) in [5.74, 6) is 1.12. The molecule has 0 aromatic heterocycles. The highest BCUT2D eigenvalue weighted by Gasteiger charge is 2.59. The van der Waals surface area contributed by atoms with E-state index in [4.69, 9.17) is 5.73 Å². The summed E-state index contributed by atoms with van der Waals surface area (Å²) in [4.78, 5) is 0. The topological polar surface area (TPSA) is 46.2 Å². The second-order valence-corrected chi connectivity index (χ2v) is 7.13. The van der Waals surface area contributed by atoms with Gasteiger partial charge >= 0.3 is 0 Å². The molecule has 3 N–H and O–H groups in total. The van der Waals surface area contributed by atoms with Crippen molar-refractivity contribution in [2.75, 3.05) is 6.54 Å². The van der Waals surface area contributed by atoms with E-state index in [1.54, 1.807) is 0 Å². The van der Waals surface area contributed by atoms with Crippen molar-refractivity contribution in [3.8, 4) is 0 Å². The molecule has 0 aliphatic heterocycles. The molecular formula is C16H29NO. The molecule has 0 aromatic carbocycles. The zero-order chi connectivity index (χ0) is 12.6. The highest BCUT2D eigenvalue weighted by atomic mass is 16.3. The van der Waals surface area contributed by atoms with E-state index in [1.165, 1.54) is 70.6 Å². The summed E-state index contributed by atoms with van der Waals surface area (Å²) in [5, 5.41) is 11.6. The van der Waals surface area contributed by atoms with Gasteiger partial charge in [-0.05, 0) is 50.4 Å². The Hall–Kier alpha value is -0.0800. The lowest BCUT2D eigenvalue weighted by Gasteiger charge is -2.60. The summed E-state index contributed by atoms with van der Waals surface area (Å²) in [5.41, 5.74) is 5.84. The predicted molar refractivity (Wildman–Crippen MR) is 74.2 cm³/mol. The van der Waals surface area contributed by atoms with Crippen molar-refractivity contribution in [1.82, 2.24) is 0 Å². The van der Waals surface area contributed by atoms with E-state index in [-0.39, 0.29) is 5.41 Å². The normalized spacial score (nSPS) is 29.7. The molecular weight excluding hydrogens is 222 g/mol. The first-order valence-electron chi connectivity index (χ1n) is 8.15. The van der Waals surface area contributed by atoms with Crippen LogP contribution in [0.15, 0.2) is 0 Å². The summed E-state index contributed by atoms with van der Waals surface area (Å²) in [7, 11) is 0. The maximum Gasteiger partial charge on any atom is 0.0771 e. The van der Waals surface area contributed by atoms with Gasteiger partial charge in [0.15, 0.2) is 0 Å². The summed E-state index contributed by atoms with van der Waals surface area (Å²) < 4.78 is 0. The minimum absolute atomic E-state index is 0.0570. The molecule has 0 bridgehead atoms. The number of aliphatic hydroxyl groups is 1. The van der Waals surface area contributed by atoms with E-state index >= 15 is 0 Å². The maximum atomic E-state index is 11.6. The van der Waals surface area contributed by atoms with Gasteiger partial charge in [-0.15, -0.1) is 0 Å². The van der Waals surface area contributed by atoms with Crippen molar-refractivity contribution in [2.45, 2.75) is 76.2 Å². The van der Waals surface area contributed by atoms with E-state index < -0.39 is 5.60 Å². The van der Waals surface area contributed by atoms with E-state index in [9.17, 15) is 5.11 Å². The van der Waals surface area contributed by atoms with E-state index in [0.29, 0.717) is 18.4 Å². The van der Waals surface area contributed by atoms with Crippen LogP contribution in [0.1, 0.15) is 70.6 Å². The van der Waals surface area contributed by atoms with Crippen molar-refractivity contribution >= 4 is 0 Å². The van der Waals surface area contributed by atoms with Crippen LogP contribution in [-0.4, -0.2) is 17.3 Å². The first-order chi connectivity index (χ1) is 8.73. The van der Waals surface area contributed by atoms with Crippen molar-refractivity contribution in [1.29, 1.82) is 0 Å². The lowest BCUT2D eigenvalue weighted by molar-refractivity contribution is -0.208. The minimum Gasteiger partial charge on any atom is -0.389 e. The monoisotopic (exact) mass is 251 g/mol. The molecule has 0 spiro atoms. The molecule has 0 aromatic rings. The van der Waals surface area contributed by atoms with Crippen molar-refractivity contribution < 1.29 is 5.11 Å². The number of hydrogen-bond acceptors (Lipinski definition) is 2. The molecule has 3 saturated carbocycles. The highest BCUT2D eigenvalue weighted by Crippen LogP contribution is 2.59. The number of hydrogen-bond donors (Lipinski definition) is 2. The van der Waals surface area contributed by atoms with Crippen molar-refractivity contribution in [3.63, 3.8) is 0 Å². The van der Waals surface area contributed by atoms with E-state index in [1.807, 2.05) is 0 Å². The molecule has 2 heteroatoms. The van der Waals surface area contributed by atoms with Gasteiger partial charge < -0.3 is 10.8 Å². The largest absolute Gasteiger partial charge is 0.389 e. The molecule has 3 fully saturated rings. The first kappa shape index (κ1) is 12.9. The van der Waals surface area contributed by atoms with E-state index in [2.05, 4.69) is 0 Å². The minimum atomic E-state index is -0.418. The summed E-state index contributed by atoms with van der Waals surface area (Å²) >= 11 is 0. The van der Waals surface area contributed by atoms with Crippen molar-refractivity contribution in [3.05, 3.63) is 0 Å². The van der Waals surface area contributed by atoms with E-state index in [0.717, 1.165) is 0 Å².